The van der Waals surface area contributed by atoms with Crippen molar-refractivity contribution in [1.29, 1.82) is 0 Å². The molecular formula is C13H21NO2S. The van der Waals surface area contributed by atoms with Crippen LogP contribution < -0.4 is 0 Å². The van der Waals surface area contributed by atoms with Crippen LogP contribution in [0.25, 0.3) is 0 Å². The van der Waals surface area contributed by atoms with Crippen molar-refractivity contribution in [1.82, 2.24) is 4.31 Å². The van der Waals surface area contributed by atoms with Crippen molar-refractivity contribution in [2.24, 2.45) is 0 Å². The summed E-state index contributed by atoms with van der Waals surface area (Å²) >= 11 is 0. The zero-order valence-electron chi connectivity index (χ0n) is 10.8. The van der Waals surface area contributed by atoms with Gasteiger partial charge in [0.05, 0.1) is 5.75 Å². The fourth-order valence-electron chi connectivity index (χ4n) is 1.65. The standard InChI is InChI=1S/C13H21NO2S/c1-4-10-14(17(15,16)5-2)11-13-8-6-12(3)7-9-13/h6-9H,4-5,10-11H2,1-3H3. The summed E-state index contributed by atoms with van der Waals surface area (Å²) < 4.78 is 25.3. The first-order valence-electron chi connectivity index (χ1n) is 6.03. The van der Waals surface area contributed by atoms with Crippen LogP contribution in [0.5, 0.6) is 0 Å². The van der Waals surface area contributed by atoms with Gasteiger partial charge in [0.2, 0.25) is 10.0 Å². The topological polar surface area (TPSA) is 37.4 Å². The molecule has 0 fully saturated rings. The van der Waals surface area contributed by atoms with E-state index in [1.165, 1.54) is 5.56 Å². The van der Waals surface area contributed by atoms with E-state index < -0.39 is 10.0 Å². The van der Waals surface area contributed by atoms with Crippen molar-refractivity contribution >= 4 is 10.0 Å². The predicted octanol–water partition coefficient (Wildman–Crippen LogP) is 2.56. The van der Waals surface area contributed by atoms with Crippen molar-refractivity contribution < 1.29 is 8.42 Å². The maximum Gasteiger partial charge on any atom is 0.214 e. The Bertz CT molecular complexity index is 437. The van der Waals surface area contributed by atoms with E-state index in [1.54, 1.807) is 11.2 Å². The van der Waals surface area contributed by atoms with E-state index >= 15 is 0 Å². The monoisotopic (exact) mass is 255 g/mol. The average molecular weight is 255 g/mol. The van der Waals surface area contributed by atoms with Crippen LogP contribution in [0.2, 0.25) is 0 Å². The lowest BCUT2D eigenvalue weighted by Gasteiger charge is -2.20. The van der Waals surface area contributed by atoms with Gasteiger partial charge in [0.1, 0.15) is 0 Å². The Morgan fingerprint density at radius 2 is 1.71 bits per heavy atom. The van der Waals surface area contributed by atoms with E-state index in [0.29, 0.717) is 13.1 Å². The van der Waals surface area contributed by atoms with Gasteiger partial charge in [-0.25, -0.2) is 8.42 Å². The summed E-state index contributed by atoms with van der Waals surface area (Å²) in [5.41, 5.74) is 2.23. The largest absolute Gasteiger partial charge is 0.214 e. The SMILES string of the molecule is CCCN(Cc1ccc(C)cc1)S(=O)(=O)CC. The third-order valence-corrected chi connectivity index (χ3v) is 4.54. The summed E-state index contributed by atoms with van der Waals surface area (Å²) in [5.74, 6) is 0.166. The van der Waals surface area contributed by atoms with Gasteiger partial charge in [0, 0.05) is 13.1 Å². The van der Waals surface area contributed by atoms with E-state index in [-0.39, 0.29) is 5.75 Å². The molecule has 17 heavy (non-hydrogen) atoms. The van der Waals surface area contributed by atoms with Crippen molar-refractivity contribution in [3.05, 3.63) is 35.4 Å². The summed E-state index contributed by atoms with van der Waals surface area (Å²) in [4.78, 5) is 0. The van der Waals surface area contributed by atoms with Crippen LogP contribution >= 0.6 is 0 Å². The predicted molar refractivity (Wildman–Crippen MR) is 71.3 cm³/mol. The fourth-order valence-corrected chi connectivity index (χ4v) is 2.82. The average Bonchev–Trinajstić information content (AvgIpc) is 2.31. The van der Waals surface area contributed by atoms with Crippen LogP contribution in [0.4, 0.5) is 0 Å². The Hall–Kier alpha value is -0.870. The van der Waals surface area contributed by atoms with Crippen LogP contribution in [0.1, 0.15) is 31.4 Å². The Morgan fingerprint density at radius 3 is 2.18 bits per heavy atom. The molecule has 96 valence electrons. The zero-order chi connectivity index (χ0) is 12.9. The normalized spacial score (nSPS) is 12.0. The summed E-state index contributed by atoms with van der Waals surface area (Å²) in [6.45, 7) is 6.77. The third kappa shape index (κ3) is 4.13. The van der Waals surface area contributed by atoms with E-state index in [1.807, 2.05) is 38.1 Å². The summed E-state index contributed by atoms with van der Waals surface area (Å²) in [5, 5.41) is 0. The van der Waals surface area contributed by atoms with E-state index in [0.717, 1.165) is 12.0 Å². The maximum atomic E-state index is 11.9. The number of sulfonamides is 1. The van der Waals surface area contributed by atoms with Crippen LogP contribution in [0.3, 0.4) is 0 Å². The fraction of sp³-hybridized carbons (Fsp3) is 0.538. The first-order chi connectivity index (χ1) is 7.99. The summed E-state index contributed by atoms with van der Waals surface area (Å²) in [6.07, 6.45) is 0.838. The second-order valence-electron chi connectivity index (χ2n) is 4.22. The molecule has 0 atom stereocenters. The second-order valence-corrected chi connectivity index (χ2v) is 6.48. The molecule has 0 aliphatic rings. The maximum absolute atomic E-state index is 11.9. The highest BCUT2D eigenvalue weighted by Crippen LogP contribution is 2.11. The number of nitrogens with zero attached hydrogens (tertiary/aromatic N) is 1. The van der Waals surface area contributed by atoms with Crippen molar-refractivity contribution in [3.63, 3.8) is 0 Å². The van der Waals surface area contributed by atoms with Gasteiger partial charge in [0.15, 0.2) is 0 Å². The molecular weight excluding hydrogens is 234 g/mol. The Morgan fingerprint density at radius 1 is 1.12 bits per heavy atom. The Labute approximate surface area is 105 Å². The first kappa shape index (κ1) is 14.2. The highest BCUT2D eigenvalue weighted by atomic mass is 32.2. The minimum Gasteiger partial charge on any atom is -0.212 e. The quantitative estimate of drug-likeness (QED) is 0.783. The molecule has 0 N–H and O–H groups in total. The lowest BCUT2D eigenvalue weighted by atomic mass is 10.1. The third-order valence-electron chi connectivity index (χ3n) is 2.71. The smallest absolute Gasteiger partial charge is 0.212 e. The van der Waals surface area contributed by atoms with Crippen molar-refractivity contribution in [3.8, 4) is 0 Å². The molecule has 1 aromatic carbocycles. The van der Waals surface area contributed by atoms with Gasteiger partial charge in [-0.2, -0.15) is 4.31 Å². The number of hydrogen-bond donors (Lipinski definition) is 0. The van der Waals surface area contributed by atoms with Crippen molar-refractivity contribution in [2.75, 3.05) is 12.3 Å². The molecule has 0 heterocycles. The lowest BCUT2D eigenvalue weighted by molar-refractivity contribution is 0.406. The Kier molecular flexibility index (Phi) is 5.15. The van der Waals surface area contributed by atoms with Crippen LogP contribution in [-0.2, 0) is 16.6 Å². The molecule has 0 bridgehead atoms. The molecule has 0 aliphatic carbocycles. The van der Waals surface area contributed by atoms with Gasteiger partial charge < -0.3 is 0 Å². The molecule has 3 nitrogen and oxygen atoms in total. The first-order valence-corrected chi connectivity index (χ1v) is 7.64. The molecule has 0 aliphatic heterocycles. The zero-order valence-corrected chi connectivity index (χ0v) is 11.6. The van der Waals surface area contributed by atoms with Crippen LogP contribution in [0.15, 0.2) is 24.3 Å². The summed E-state index contributed by atoms with van der Waals surface area (Å²) in [6, 6.07) is 8.00. The molecule has 0 unspecified atom stereocenters. The van der Waals surface area contributed by atoms with Gasteiger partial charge in [-0.05, 0) is 25.8 Å². The minimum atomic E-state index is -3.10. The van der Waals surface area contributed by atoms with E-state index in [2.05, 4.69) is 0 Å². The van der Waals surface area contributed by atoms with Gasteiger partial charge in [-0.15, -0.1) is 0 Å². The number of aryl methyl sites for hydroxylation is 1. The van der Waals surface area contributed by atoms with Gasteiger partial charge in [-0.3, -0.25) is 0 Å². The summed E-state index contributed by atoms with van der Waals surface area (Å²) in [7, 11) is -3.10. The van der Waals surface area contributed by atoms with Gasteiger partial charge in [0.25, 0.3) is 0 Å². The number of benzene rings is 1. The van der Waals surface area contributed by atoms with E-state index in [9.17, 15) is 8.42 Å². The molecule has 0 radical (unpaired) electrons. The Balaban J connectivity index is 2.84. The van der Waals surface area contributed by atoms with Gasteiger partial charge in [-0.1, -0.05) is 36.8 Å². The molecule has 1 aromatic rings. The molecule has 0 saturated carbocycles. The molecule has 0 aromatic heterocycles. The molecule has 4 heteroatoms. The second kappa shape index (κ2) is 6.17. The number of rotatable bonds is 6. The minimum absolute atomic E-state index is 0.166. The molecule has 0 amide bonds. The molecule has 0 spiro atoms. The lowest BCUT2D eigenvalue weighted by Crippen LogP contribution is -2.32. The van der Waals surface area contributed by atoms with Crippen LogP contribution in [-0.4, -0.2) is 25.0 Å². The number of hydrogen-bond acceptors (Lipinski definition) is 2. The molecule has 0 saturated heterocycles. The van der Waals surface area contributed by atoms with E-state index in [4.69, 9.17) is 0 Å². The van der Waals surface area contributed by atoms with Gasteiger partial charge >= 0.3 is 0 Å². The van der Waals surface area contributed by atoms with Crippen molar-refractivity contribution in [2.45, 2.75) is 33.7 Å². The molecule has 1 rings (SSSR count). The highest BCUT2D eigenvalue weighted by molar-refractivity contribution is 7.89. The highest BCUT2D eigenvalue weighted by Gasteiger charge is 2.18. The van der Waals surface area contributed by atoms with Crippen LogP contribution in [0, 0.1) is 6.92 Å².